The van der Waals surface area contributed by atoms with E-state index < -0.39 is 11.9 Å². The Hall–Kier alpha value is -1.11. The normalized spacial score (nSPS) is 12.2. The van der Waals surface area contributed by atoms with Gasteiger partial charge in [0, 0.05) is 11.1 Å². The summed E-state index contributed by atoms with van der Waals surface area (Å²) in [5, 5.41) is 8.66. The minimum atomic E-state index is -0.446. The lowest BCUT2D eigenvalue weighted by Gasteiger charge is -2.09. The summed E-state index contributed by atoms with van der Waals surface area (Å²) in [7, 11) is 0. The first kappa shape index (κ1) is 9.97. The molecule has 0 saturated heterocycles. The molecule has 0 bridgehead atoms. The first-order valence-corrected chi connectivity index (χ1v) is 4.10. The van der Waals surface area contributed by atoms with Gasteiger partial charge in [-0.3, -0.25) is 0 Å². The fraction of sp³-hybridized carbons (Fsp3) is 0.222. The summed E-state index contributed by atoms with van der Waals surface area (Å²) in [6.07, 6.45) is 0.172. The van der Waals surface area contributed by atoms with Gasteiger partial charge >= 0.3 is 0 Å². The highest BCUT2D eigenvalue weighted by atomic mass is 35.5. The van der Waals surface area contributed by atoms with E-state index >= 15 is 0 Å². The maximum Gasteiger partial charge on any atom is 0.124 e. The number of nitrogens with two attached hydrogens (primary N) is 1. The van der Waals surface area contributed by atoms with Crippen molar-refractivity contribution in [1.29, 1.82) is 5.26 Å². The van der Waals surface area contributed by atoms with Crippen molar-refractivity contribution >= 4 is 11.6 Å². The van der Waals surface area contributed by atoms with E-state index in [1.165, 1.54) is 18.2 Å². The van der Waals surface area contributed by atoms with E-state index in [4.69, 9.17) is 22.6 Å². The van der Waals surface area contributed by atoms with Crippen molar-refractivity contribution in [1.82, 2.24) is 0 Å². The molecule has 1 aromatic rings. The molecule has 1 rings (SSSR count). The van der Waals surface area contributed by atoms with Crippen molar-refractivity contribution in [2.45, 2.75) is 12.5 Å². The summed E-state index contributed by atoms with van der Waals surface area (Å²) in [6.45, 7) is 0. The molecule has 2 N–H and O–H groups in total. The first-order valence-electron chi connectivity index (χ1n) is 3.72. The van der Waals surface area contributed by atoms with Crippen molar-refractivity contribution in [3.8, 4) is 6.07 Å². The van der Waals surface area contributed by atoms with E-state index in [9.17, 15) is 4.39 Å². The minimum absolute atomic E-state index is 0.172. The number of rotatable bonds is 2. The van der Waals surface area contributed by atoms with Crippen LogP contribution in [-0.2, 0) is 0 Å². The Bertz CT molecular complexity index is 346. The second-order valence-electron chi connectivity index (χ2n) is 2.63. The summed E-state index contributed by atoms with van der Waals surface area (Å²) in [5.74, 6) is -0.405. The van der Waals surface area contributed by atoms with Crippen molar-refractivity contribution in [3.63, 3.8) is 0 Å². The molecule has 0 fully saturated rings. The molecular weight excluding hydrogens is 191 g/mol. The topological polar surface area (TPSA) is 49.8 Å². The van der Waals surface area contributed by atoms with Crippen LogP contribution < -0.4 is 5.73 Å². The maximum atomic E-state index is 12.6. The Labute approximate surface area is 80.7 Å². The van der Waals surface area contributed by atoms with Crippen molar-refractivity contribution in [2.75, 3.05) is 0 Å². The van der Waals surface area contributed by atoms with Crippen molar-refractivity contribution < 1.29 is 4.39 Å². The van der Waals surface area contributed by atoms with E-state index in [-0.39, 0.29) is 11.4 Å². The third kappa shape index (κ3) is 2.41. The number of nitriles is 1. The Kier molecular flexibility index (Phi) is 3.24. The molecule has 0 amide bonds. The Morgan fingerprint density at radius 1 is 1.62 bits per heavy atom. The molecule has 0 unspecified atom stereocenters. The molecule has 0 spiro atoms. The zero-order valence-corrected chi connectivity index (χ0v) is 7.55. The summed E-state index contributed by atoms with van der Waals surface area (Å²) in [5.41, 5.74) is 6.23. The molecule has 68 valence electrons. The van der Waals surface area contributed by atoms with Gasteiger partial charge in [0.25, 0.3) is 0 Å². The standard InChI is InChI=1S/C9H8ClFN2/c10-8-5-6(11)1-2-7(8)9(13)3-4-12/h1-2,5,9H,3,13H2/t9-/m1/s1. The molecule has 1 atom stereocenters. The molecule has 0 aliphatic carbocycles. The fourth-order valence-corrected chi connectivity index (χ4v) is 1.32. The largest absolute Gasteiger partial charge is 0.323 e. The summed E-state index contributed by atoms with van der Waals surface area (Å²) in [4.78, 5) is 0. The lowest BCUT2D eigenvalue weighted by molar-refractivity contribution is 0.625. The average Bonchev–Trinajstić information content (AvgIpc) is 2.04. The molecule has 13 heavy (non-hydrogen) atoms. The van der Waals surface area contributed by atoms with Gasteiger partial charge in [-0.2, -0.15) is 5.26 Å². The molecule has 4 heteroatoms. The molecule has 0 aliphatic rings. The van der Waals surface area contributed by atoms with E-state index in [0.29, 0.717) is 5.56 Å². The van der Waals surface area contributed by atoms with Crippen LogP contribution in [0.3, 0.4) is 0 Å². The van der Waals surface area contributed by atoms with Gasteiger partial charge in [-0.05, 0) is 17.7 Å². The lowest BCUT2D eigenvalue weighted by Crippen LogP contribution is -2.09. The van der Waals surface area contributed by atoms with Gasteiger partial charge in [0.2, 0.25) is 0 Å². The van der Waals surface area contributed by atoms with Crippen LogP contribution in [0.4, 0.5) is 4.39 Å². The van der Waals surface area contributed by atoms with Gasteiger partial charge in [-0.15, -0.1) is 0 Å². The molecule has 2 nitrogen and oxygen atoms in total. The van der Waals surface area contributed by atoms with E-state index in [0.717, 1.165) is 0 Å². The Morgan fingerprint density at radius 3 is 2.85 bits per heavy atom. The van der Waals surface area contributed by atoms with Crippen LogP contribution in [0, 0.1) is 17.1 Å². The monoisotopic (exact) mass is 198 g/mol. The second-order valence-corrected chi connectivity index (χ2v) is 3.04. The second kappa shape index (κ2) is 4.22. The first-order chi connectivity index (χ1) is 6.15. The number of halogens is 2. The molecule has 0 radical (unpaired) electrons. The highest BCUT2D eigenvalue weighted by molar-refractivity contribution is 6.31. The van der Waals surface area contributed by atoms with Gasteiger partial charge in [0.15, 0.2) is 0 Å². The van der Waals surface area contributed by atoms with Gasteiger partial charge < -0.3 is 5.73 Å². The highest BCUT2D eigenvalue weighted by Gasteiger charge is 2.09. The zero-order chi connectivity index (χ0) is 9.84. The third-order valence-corrected chi connectivity index (χ3v) is 2.00. The van der Waals surface area contributed by atoms with Gasteiger partial charge in [0.1, 0.15) is 5.82 Å². The SMILES string of the molecule is N#CC[C@@H](N)c1ccc(F)cc1Cl. The zero-order valence-electron chi connectivity index (χ0n) is 6.80. The van der Waals surface area contributed by atoms with E-state index in [2.05, 4.69) is 0 Å². The van der Waals surface area contributed by atoms with E-state index in [1.807, 2.05) is 6.07 Å². The average molecular weight is 199 g/mol. The van der Waals surface area contributed by atoms with Crippen molar-refractivity contribution in [2.24, 2.45) is 5.73 Å². The van der Waals surface area contributed by atoms with Crippen LogP contribution in [0.2, 0.25) is 5.02 Å². The van der Waals surface area contributed by atoms with Crippen LogP contribution in [0.5, 0.6) is 0 Å². The number of hydrogen-bond acceptors (Lipinski definition) is 2. The van der Waals surface area contributed by atoms with Crippen LogP contribution >= 0.6 is 11.6 Å². The van der Waals surface area contributed by atoms with Gasteiger partial charge in [0.05, 0.1) is 12.5 Å². The van der Waals surface area contributed by atoms with Crippen LogP contribution in [0.25, 0.3) is 0 Å². The maximum absolute atomic E-state index is 12.6. The minimum Gasteiger partial charge on any atom is -0.323 e. The van der Waals surface area contributed by atoms with Crippen LogP contribution in [0.1, 0.15) is 18.0 Å². The summed E-state index contributed by atoms with van der Waals surface area (Å²) in [6, 6.07) is 5.45. The summed E-state index contributed by atoms with van der Waals surface area (Å²) < 4.78 is 12.6. The predicted octanol–water partition coefficient (Wildman–Crippen LogP) is 2.39. The molecule has 0 heterocycles. The molecule has 0 aliphatic heterocycles. The molecule has 0 saturated carbocycles. The van der Waals surface area contributed by atoms with Gasteiger partial charge in [-0.1, -0.05) is 17.7 Å². The van der Waals surface area contributed by atoms with Crippen molar-refractivity contribution in [3.05, 3.63) is 34.6 Å². The quantitative estimate of drug-likeness (QED) is 0.793. The summed E-state index contributed by atoms with van der Waals surface area (Å²) >= 11 is 5.73. The number of hydrogen-bond donors (Lipinski definition) is 1. The smallest absolute Gasteiger partial charge is 0.124 e. The highest BCUT2D eigenvalue weighted by Crippen LogP contribution is 2.23. The lowest BCUT2D eigenvalue weighted by atomic mass is 10.1. The van der Waals surface area contributed by atoms with Crippen LogP contribution in [-0.4, -0.2) is 0 Å². The van der Waals surface area contributed by atoms with E-state index in [1.54, 1.807) is 0 Å². The number of benzene rings is 1. The van der Waals surface area contributed by atoms with Gasteiger partial charge in [-0.25, -0.2) is 4.39 Å². The third-order valence-electron chi connectivity index (χ3n) is 1.67. The molecular formula is C9H8ClFN2. The predicted molar refractivity (Wildman–Crippen MR) is 48.6 cm³/mol. The van der Waals surface area contributed by atoms with Crippen LogP contribution in [0.15, 0.2) is 18.2 Å². The Balaban J connectivity index is 2.96. The Morgan fingerprint density at radius 2 is 2.31 bits per heavy atom. The molecule has 0 aromatic heterocycles. The molecule has 1 aromatic carbocycles. The fourth-order valence-electron chi connectivity index (χ4n) is 1.01. The number of nitrogens with zero attached hydrogens (tertiary/aromatic N) is 1.